The first kappa shape index (κ1) is 29.9. The molecule has 0 aliphatic carbocycles. The fourth-order valence-electron chi connectivity index (χ4n) is 4.89. The summed E-state index contributed by atoms with van der Waals surface area (Å²) in [4.78, 5) is 31.5. The van der Waals surface area contributed by atoms with Gasteiger partial charge in [0.2, 0.25) is 0 Å². The third-order valence-electron chi connectivity index (χ3n) is 6.91. The Balaban J connectivity index is 1.78. The maximum atomic E-state index is 14.8. The van der Waals surface area contributed by atoms with Crippen molar-refractivity contribution in [3.05, 3.63) is 69.4 Å². The first-order valence-corrected chi connectivity index (χ1v) is 13.8. The van der Waals surface area contributed by atoms with Gasteiger partial charge in [-0.1, -0.05) is 43.0 Å². The Hall–Kier alpha value is -3.09. The van der Waals surface area contributed by atoms with Gasteiger partial charge >= 0.3 is 11.9 Å². The molecule has 1 saturated heterocycles. The molecule has 3 aliphatic rings. The third-order valence-corrected chi connectivity index (χ3v) is 7.82. The van der Waals surface area contributed by atoms with Crippen LogP contribution < -0.4 is 5.32 Å². The molecule has 2 unspecified atom stereocenters. The van der Waals surface area contributed by atoms with Gasteiger partial charge in [0.15, 0.2) is 0 Å². The molecule has 0 bridgehead atoms. The molecule has 0 saturated carbocycles. The number of aliphatic imine (C=N–C) groups is 1. The number of carbonyl (C=O) groups is 2. The average Bonchev–Trinajstić information content (AvgIpc) is 3.01. The van der Waals surface area contributed by atoms with Crippen LogP contribution in [0.2, 0.25) is 0 Å². The van der Waals surface area contributed by atoms with E-state index in [2.05, 4.69) is 18.3 Å². The molecule has 3 heterocycles. The number of likely N-dealkylation sites (tertiary alicyclic amines) is 1. The lowest BCUT2D eigenvalue weighted by Crippen LogP contribution is -2.45. The monoisotopic (exact) mass is 579 g/mol. The summed E-state index contributed by atoms with van der Waals surface area (Å²) in [7, 11) is 0. The zero-order valence-electron chi connectivity index (χ0n) is 22.5. The molecule has 216 valence electrons. The number of thioether (sulfide) groups is 1. The summed E-state index contributed by atoms with van der Waals surface area (Å²) in [5, 5.41) is 14.1. The van der Waals surface area contributed by atoms with Crippen LogP contribution in [-0.2, 0) is 24.6 Å². The fraction of sp³-hybridized carbons (Fsp3) is 0.464. The van der Waals surface area contributed by atoms with E-state index in [1.165, 1.54) is 40.9 Å². The Morgan fingerprint density at radius 3 is 2.67 bits per heavy atom. The van der Waals surface area contributed by atoms with Gasteiger partial charge in [-0.25, -0.2) is 22.8 Å². The second-order valence-electron chi connectivity index (χ2n) is 10.1. The zero-order valence-corrected chi connectivity index (χ0v) is 23.3. The van der Waals surface area contributed by atoms with E-state index in [1.807, 2.05) is 11.5 Å². The van der Waals surface area contributed by atoms with Crippen LogP contribution in [0.25, 0.3) is 0 Å². The fourth-order valence-corrected chi connectivity index (χ4v) is 5.79. The summed E-state index contributed by atoms with van der Waals surface area (Å²) in [5.74, 6) is -5.03. The van der Waals surface area contributed by atoms with Crippen LogP contribution in [-0.4, -0.2) is 72.7 Å². The molecule has 1 fully saturated rings. The number of hydrogen-bond acceptors (Lipinski definition) is 8. The number of carboxylic acid groups (broad SMARTS) is 1. The lowest BCUT2D eigenvalue weighted by molar-refractivity contribution is -0.152. The van der Waals surface area contributed by atoms with E-state index in [-0.39, 0.29) is 25.3 Å². The minimum absolute atomic E-state index is 0.0717. The Kier molecular flexibility index (Phi) is 9.11. The van der Waals surface area contributed by atoms with Crippen molar-refractivity contribution in [1.82, 2.24) is 10.2 Å². The van der Waals surface area contributed by atoms with Crippen molar-refractivity contribution < 1.29 is 37.3 Å². The highest BCUT2D eigenvalue weighted by Crippen LogP contribution is 2.41. The number of esters is 1. The molecule has 0 amide bonds. The van der Waals surface area contributed by atoms with Gasteiger partial charge in [-0.05, 0) is 49.3 Å². The van der Waals surface area contributed by atoms with Crippen LogP contribution in [0.4, 0.5) is 13.2 Å². The highest BCUT2D eigenvalue weighted by molar-refractivity contribution is 8.06. The number of ether oxygens (including phenoxy) is 2. The number of amidine groups is 1. The highest BCUT2D eigenvalue weighted by Gasteiger charge is 2.50. The van der Waals surface area contributed by atoms with Gasteiger partial charge in [-0.2, -0.15) is 0 Å². The number of carbonyl (C=O) groups excluding carboxylic acids is 1. The Bertz CT molecular complexity index is 1260. The second kappa shape index (κ2) is 12.2. The van der Waals surface area contributed by atoms with E-state index >= 15 is 0 Å². The Morgan fingerprint density at radius 2 is 2.00 bits per heavy atom. The molecule has 4 rings (SSSR count). The molecular weight excluding hydrogens is 547 g/mol. The van der Waals surface area contributed by atoms with Crippen molar-refractivity contribution in [1.29, 1.82) is 0 Å². The third kappa shape index (κ3) is 6.61. The predicted octanol–water partition coefficient (Wildman–Crippen LogP) is 4.45. The Labute approximate surface area is 235 Å². The summed E-state index contributed by atoms with van der Waals surface area (Å²) in [6, 6.07) is 5.62. The number of alkyl halides is 2. The molecule has 1 aromatic carbocycles. The molecule has 8 nitrogen and oxygen atoms in total. The van der Waals surface area contributed by atoms with Crippen LogP contribution in [0.3, 0.4) is 0 Å². The number of nitrogens with one attached hydrogen (secondary N) is 1. The standard InChI is InChI=1S/C28H32F3N3O5S/c1-4-38-26(37)24-20(13-34-14-22(28(30,31)16-34)39-15-23(35)36)32-25(21-10-5-17(2)11-12-40-21)33-27(24,3)18-6-8-19(29)9-7-18/h6-12,17,22H,4-5,13-16H2,1-3H3,(H,32,33)(H,35,36)/t17?,22?,27-/m0/s1. The molecule has 3 atom stereocenters. The van der Waals surface area contributed by atoms with Crippen molar-refractivity contribution >= 4 is 29.5 Å². The first-order chi connectivity index (χ1) is 18.9. The van der Waals surface area contributed by atoms with Crippen LogP contribution in [0.15, 0.2) is 63.0 Å². The highest BCUT2D eigenvalue weighted by atomic mass is 32.2. The summed E-state index contributed by atoms with van der Waals surface area (Å²) >= 11 is 1.45. The SMILES string of the molecule is CCOC(=O)C1=C(CN2CC(OCC(=O)O)C(F)(F)C2)NC(C2=CCC(C)C=CS2)=N[C@@]1(C)c1ccc(F)cc1. The van der Waals surface area contributed by atoms with Gasteiger partial charge in [0.05, 0.1) is 23.6 Å². The number of hydrogen-bond donors (Lipinski definition) is 2. The van der Waals surface area contributed by atoms with Crippen molar-refractivity contribution in [3.63, 3.8) is 0 Å². The molecule has 0 spiro atoms. The lowest BCUT2D eigenvalue weighted by Gasteiger charge is -2.36. The molecule has 0 aromatic heterocycles. The smallest absolute Gasteiger partial charge is 0.338 e. The van der Waals surface area contributed by atoms with Crippen molar-refractivity contribution in [2.45, 2.75) is 44.8 Å². The number of rotatable bonds is 9. The normalized spacial score (nSPS) is 26.6. The van der Waals surface area contributed by atoms with E-state index in [1.54, 1.807) is 13.8 Å². The van der Waals surface area contributed by atoms with Crippen molar-refractivity contribution in [3.8, 4) is 0 Å². The maximum absolute atomic E-state index is 14.8. The number of halogens is 3. The predicted molar refractivity (Wildman–Crippen MR) is 145 cm³/mol. The molecular formula is C28H32F3N3O5S. The summed E-state index contributed by atoms with van der Waals surface area (Å²) in [5.41, 5.74) is -0.384. The van der Waals surface area contributed by atoms with Crippen LogP contribution >= 0.6 is 11.8 Å². The van der Waals surface area contributed by atoms with Crippen LogP contribution in [0, 0.1) is 11.7 Å². The first-order valence-electron chi connectivity index (χ1n) is 12.9. The van der Waals surface area contributed by atoms with E-state index < -0.39 is 48.5 Å². The minimum Gasteiger partial charge on any atom is -0.480 e. The topological polar surface area (TPSA) is 100 Å². The van der Waals surface area contributed by atoms with Gasteiger partial charge in [-0.15, -0.1) is 0 Å². The number of carboxylic acids is 1. The quantitative estimate of drug-likeness (QED) is 0.414. The van der Waals surface area contributed by atoms with Gasteiger partial charge in [0.25, 0.3) is 5.92 Å². The largest absolute Gasteiger partial charge is 0.480 e. The molecule has 3 aliphatic heterocycles. The number of allylic oxidation sites excluding steroid dienone is 2. The van der Waals surface area contributed by atoms with E-state index in [9.17, 15) is 22.8 Å². The van der Waals surface area contributed by atoms with Crippen LogP contribution in [0.1, 0.15) is 32.8 Å². The molecule has 1 aromatic rings. The zero-order chi connectivity index (χ0) is 29.1. The second-order valence-corrected chi connectivity index (χ2v) is 11.0. The van der Waals surface area contributed by atoms with Gasteiger partial charge in [0.1, 0.15) is 29.9 Å². The number of aliphatic carboxylic acids is 1. The van der Waals surface area contributed by atoms with E-state index in [4.69, 9.17) is 19.6 Å². The molecule has 40 heavy (non-hydrogen) atoms. The summed E-state index contributed by atoms with van der Waals surface area (Å²) < 4.78 is 53.8. The van der Waals surface area contributed by atoms with Crippen molar-refractivity contribution in [2.24, 2.45) is 10.9 Å². The average molecular weight is 580 g/mol. The summed E-state index contributed by atoms with van der Waals surface area (Å²) in [6.07, 6.45) is 3.22. The van der Waals surface area contributed by atoms with Gasteiger partial charge < -0.3 is 19.9 Å². The Morgan fingerprint density at radius 1 is 1.27 bits per heavy atom. The maximum Gasteiger partial charge on any atom is 0.338 e. The van der Waals surface area contributed by atoms with Gasteiger partial charge in [0, 0.05) is 18.8 Å². The number of benzene rings is 1. The number of nitrogens with zero attached hydrogens (tertiary/aromatic N) is 2. The van der Waals surface area contributed by atoms with E-state index in [0.717, 1.165) is 11.3 Å². The molecule has 2 N–H and O–H groups in total. The molecule has 0 radical (unpaired) electrons. The summed E-state index contributed by atoms with van der Waals surface area (Å²) in [6.45, 7) is 3.61. The minimum atomic E-state index is -3.30. The van der Waals surface area contributed by atoms with Gasteiger partial charge in [-0.3, -0.25) is 9.89 Å². The molecule has 12 heteroatoms. The lowest BCUT2D eigenvalue weighted by atomic mass is 9.82. The van der Waals surface area contributed by atoms with Crippen LogP contribution in [0.5, 0.6) is 0 Å². The van der Waals surface area contributed by atoms with E-state index in [0.29, 0.717) is 23.0 Å². The van der Waals surface area contributed by atoms with Crippen molar-refractivity contribution in [2.75, 3.05) is 32.8 Å².